The molecule has 0 aliphatic heterocycles. The molecular formula is C36H56N2. The lowest BCUT2D eigenvalue weighted by Crippen LogP contribution is -2.13. The molecule has 0 spiro atoms. The van der Waals surface area contributed by atoms with Crippen molar-refractivity contribution in [2.75, 3.05) is 0 Å². The van der Waals surface area contributed by atoms with Crippen LogP contribution in [0.4, 0.5) is 11.4 Å². The van der Waals surface area contributed by atoms with Crippen molar-refractivity contribution in [3.05, 3.63) is 58.7 Å². The van der Waals surface area contributed by atoms with E-state index in [4.69, 9.17) is 9.98 Å². The van der Waals surface area contributed by atoms with Crippen molar-refractivity contribution < 1.29 is 0 Å². The van der Waals surface area contributed by atoms with E-state index in [1.807, 2.05) is 0 Å². The van der Waals surface area contributed by atoms with Gasteiger partial charge in [0, 0.05) is 0 Å². The molecule has 0 bridgehead atoms. The Bertz CT molecular complexity index is 998. The van der Waals surface area contributed by atoms with Crippen molar-refractivity contribution in [3.63, 3.8) is 0 Å². The molecule has 0 atom stereocenters. The predicted molar refractivity (Wildman–Crippen MR) is 171 cm³/mol. The Morgan fingerprint density at radius 3 is 1.26 bits per heavy atom. The molecule has 0 heterocycles. The van der Waals surface area contributed by atoms with E-state index in [1.54, 1.807) is 0 Å². The SMILES string of the molecule is CCCCC(=Nc1ccc(CCCC)c(CCCC)c1)C(CC)=Nc1ccc(CCCC)c(CCCC)c1. The van der Waals surface area contributed by atoms with Gasteiger partial charge in [0.15, 0.2) is 0 Å². The van der Waals surface area contributed by atoms with Crippen LogP contribution in [0.25, 0.3) is 0 Å². The summed E-state index contributed by atoms with van der Waals surface area (Å²) in [6.45, 7) is 13.6. The van der Waals surface area contributed by atoms with Crippen LogP contribution in [0.15, 0.2) is 46.4 Å². The number of hydrogen-bond donors (Lipinski definition) is 0. The number of nitrogens with zero attached hydrogens (tertiary/aromatic N) is 2. The zero-order valence-electron chi connectivity index (χ0n) is 25.7. The zero-order chi connectivity index (χ0) is 27.6. The quantitative estimate of drug-likeness (QED) is 0.166. The maximum Gasteiger partial charge on any atom is 0.0636 e. The molecule has 0 amide bonds. The fourth-order valence-electron chi connectivity index (χ4n) is 5.05. The van der Waals surface area contributed by atoms with Crippen LogP contribution in [0.2, 0.25) is 0 Å². The van der Waals surface area contributed by atoms with Crippen LogP contribution in [0.3, 0.4) is 0 Å². The van der Waals surface area contributed by atoms with Gasteiger partial charge in [-0.25, -0.2) is 0 Å². The highest BCUT2D eigenvalue weighted by Gasteiger charge is 2.11. The molecule has 0 aliphatic carbocycles. The number of hydrogen-bond acceptors (Lipinski definition) is 2. The van der Waals surface area contributed by atoms with Crippen LogP contribution in [-0.4, -0.2) is 11.4 Å². The predicted octanol–water partition coefficient (Wildman–Crippen LogP) is 11.5. The largest absolute Gasteiger partial charge is 0.252 e. The Hall–Kier alpha value is -2.22. The third kappa shape index (κ3) is 10.9. The van der Waals surface area contributed by atoms with Gasteiger partial charge >= 0.3 is 0 Å². The summed E-state index contributed by atoms with van der Waals surface area (Å²) in [5.41, 5.74) is 10.5. The van der Waals surface area contributed by atoms with E-state index >= 15 is 0 Å². The summed E-state index contributed by atoms with van der Waals surface area (Å²) in [5, 5.41) is 0. The van der Waals surface area contributed by atoms with Gasteiger partial charge in [0.1, 0.15) is 0 Å². The summed E-state index contributed by atoms with van der Waals surface area (Å²) in [4.78, 5) is 10.5. The highest BCUT2D eigenvalue weighted by Crippen LogP contribution is 2.26. The van der Waals surface area contributed by atoms with Gasteiger partial charge in [0.2, 0.25) is 0 Å². The standard InChI is InChI=1S/C36H56N2/c1-7-13-18-29-23-25-33(27-31(29)20-15-9-3)37-35(12-6)36(22-17-11-5)38-34-26-24-30(19-14-8-2)32(28-34)21-16-10-4/h23-28H,7-22H2,1-6H3. The number of aliphatic imine (C=N–C) groups is 2. The van der Waals surface area contributed by atoms with Crippen molar-refractivity contribution in [1.82, 2.24) is 0 Å². The average molecular weight is 517 g/mol. The molecule has 0 N–H and O–H groups in total. The maximum absolute atomic E-state index is 5.27. The third-order valence-electron chi connectivity index (χ3n) is 7.54. The van der Waals surface area contributed by atoms with Crippen LogP contribution < -0.4 is 0 Å². The maximum atomic E-state index is 5.27. The Morgan fingerprint density at radius 1 is 0.474 bits per heavy atom. The first-order chi connectivity index (χ1) is 18.6. The summed E-state index contributed by atoms with van der Waals surface area (Å²) < 4.78 is 0. The fraction of sp³-hybridized carbons (Fsp3) is 0.611. The molecule has 2 aromatic rings. The molecule has 0 radical (unpaired) electrons. The lowest BCUT2D eigenvalue weighted by atomic mass is 9.97. The van der Waals surface area contributed by atoms with Crippen LogP contribution in [-0.2, 0) is 25.7 Å². The van der Waals surface area contributed by atoms with E-state index in [2.05, 4.69) is 77.9 Å². The van der Waals surface area contributed by atoms with Crippen LogP contribution in [0, 0.1) is 0 Å². The van der Waals surface area contributed by atoms with Crippen molar-refractivity contribution >= 4 is 22.8 Å². The lowest BCUT2D eigenvalue weighted by molar-refractivity contribution is 0.758. The van der Waals surface area contributed by atoms with Gasteiger partial charge in [-0.15, -0.1) is 0 Å². The molecule has 210 valence electrons. The Labute approximate surface area is 235 Å². The Balaban J connectivity index is 2.46. The van der Waals surface area contributed by atoms with Crippen LogP contribution in [0.1, 0.15) is 141 Å². The van der Waals surface area contributed by atoms with Crippen molar-refractivity contribution in [3.8, 4) is 0 Å². The van der Waals surface area contributed by atoms with Gasteiger partial charge in [-0.2, -0.15) is 0 Å². The summed E-state index contributed by atoms with van der Waals surface area (Å²) in [5.74, 6) is 0. The highest BCUT2D eigenvalue weighted by molar-refractivity contribution is 6.43. The highest BCUT2D eigenvalue weighted by atomic mass is 14.8. The normalized spacial score (nSPS) is 12.4. The zero-order valence-corrected chi connectivity index (χ0v) is 25.7. The van der Waals surface area contributed by atoms with Crippen molar-refractivity contribution in [1.29, 1.82) is 0 Å². The molecule has 0 aromatic heterocycles. The second-order valence-corrected chi connectivity index (χ2v) is 10.9. The summed E-state index contributed by atoms with van der Waals surface area (Å²) >= 11 is 0. The summed E-state index contributed by atoms with van der Waals surface area (Å²) in [6, 6.07) is 13.9. The molecule has 0 saturated heterocycles. The number of benzene rings is 2. The second-order valence-electron chi connectivity index (χ2n) is 10.9. The minimum absolute atomic E-state index is 0.904. The van der Waals surface area contributed by atoms with Gasteiger partial charge in [-0.1, -0.05) is 85.8 Å². The fourth-order valence-corrected chi connectivity index (χ4v) is 5.05. The van der Waals surface area contributed by atoms with E-state index in [-0.39, 0.29) is 0 Å². The topological polar surface area (TPSA) is 24.7 Å². The van der Waals surface area contributed by atoms with Crippen LogP contribution in [0.5, 0.6) is 0 Å². The van der Waals surface area contributed by atoms with E-state index < -0.39 is 0 Å². The Kier molecular flexibility index (Phi) is 15.9. The minimum atomic E-state index is 0.904. The number of rotatable bonds is 19. The number of aryl methyl sites for hydroxylation is 4. The lowest BCUT2D eigenvalue weighted by Gasteiger charge is -2.13. The molecule has 0 aliphatic rings. The van der Waals surface area contributed by atoms with Crippen molar-refractivity contribution in [2.45, 2.75) is 144 Å². The third-order valence-corrected chi connectivity index (χ3v) is 7.54. The molecule has 0 saturated carbocycles. The molecule has 0 unspecified atom stereocenters. The second kappa shape index (κ2) is 18.9. The van der Waals surface area contributed by atoms with Gasteiger partial charge in [0.25, 0.3) is 0 Å². The van der Waals surface area contributed by atoms with Crippen molar-refractivity contribution in [2.24, 2.45) is 9.98 Å². The first-order valence-corrected chi connectivity index (χ1v) is 16.0. The molecule has 2 heteroatoms. The molecule has 2 aromatic carbocycles. The smallest absolute Gasteiger partial charge is 0.0636 e. The minimum Gasteiger partial charge on any atom is -0.252 e. The van der Waals surface area contributed by atoms with E-state index in [9.17, 15) is 0 Å². The molecule has 0 fully saturated rings. The monoisotopic (exact) mass is 516 g/mol. The summed E-state index contributed by atoms with van der Waals surface area (Å²) in [6.07, 6.45) is 18.8. The first-order valence-electron chi connectivity index (χ1n) is 16.0. The molecular weight excluding hydrogens is 460 g/mol. The van der Waals surface area contributed by atoms with E-state index in [0.717, 1.165) is 49.2 Å². The van der Waals surface area contributed by atoms with E-state index in [1.165, 1.54) is 98.6 Å². The summed E-state index contributed by atoms with van der Waals surface area (Å²) in [7, 11) is 0. The molecule has 2 nitrogen and oxygen atoms in total. The average Bonchev–Trinajstić information content (AvgIpc) is 2.94. The van der Waals surface area contributed by atoms with Gasteiger partial charge in [-0.3, -0.25) is 9.98 Å². The Morgan fingerprint density at radius 2 is 0.868 bits per heavy atom. The number of unbranched alkanes of at least 4 members (excludes halogenated alkanes) is 5. The first kappa shape index (κ1) is 32.0. The molecule has 2 rings (SSSR count). The molecule has 38 heavy (non-hydrogen) atoms. The van der Waals surface area contributed by atoms with Gasteiger partial charge < -0.3 is 0 Å². The van der Waals surface area contributed by atoms with Gasteiger partial charge in [0.05, 0.1) is 22.8 Å². The van der Waals surface area contributed by atoms with E-state index in [0.29, 0.717) is 0 Å². The van der Waals surface area contributed by atoms with Crippen LogP contribution >= 0.6 is 0 Å². The van der Waals surface area contributed by atoms with Gasteiger partial charge in [-0.05, 0) is 117 Å².